The Labute approximate surface area is 121 Å². The fraction of sp³-hybridized carbons (Fsp3) is 0.0667. The molecule has 0 atom stereocenters. The van der Waals surface area contributed by atoms with Crippen LogP contribution in [0.2, 0.25) is 0 Å². The lowest BCUT2D eigenvalue weighted by atomic mass is 10.1. The smallest absolute Gasteiger partial charge is 0.336 e. The molecule has 0 unspecified atom stereocenters. The van der Waals surface area contributed by atoms with Gasteiger partial charge in [-0.1, -0.05) is 48.5 Å². The van der Waals surface area contributed by atoms with Crippen molar-refractivity contribution in [1.82, 2.24) is 0 Å². The Bertz CT molecular complexity index is 627. The van der Waals surface area contributed by atoms with Crippen molar-refractivity contribution < 1.29 is 9.90 Å². The summed E-state index contributed by atoms with van der Waals surface area (Å²) in [7, 11) is 0. The number of amidine groups is 1. The van der Waals surface area contributed by atoms with E-state index in [2.05, 4.69) is 4.40 Å². The number of carboxylic acid groups (broad SMARTS) is 1. The quantitative estimate of drug-likeness (QED) is 0.503. The molecule has 20 heavy (non-hydrogen) atoms. The van der Waals surface area contributed by atoms with Crippen LogP contribution < -0.4 is 5.73 Å². The molecule has 0 fully saturated rings. The van der Waals surface area contributed by atoms with Gasteiger partial charge in [0.2, 0.25) is 0 Å². The summed E-state index contributed by atoms with van der Waals surface area (Å²) in [6.07, 6.45) is 0. The van der Waals surface area contributed by atoms with E-state index in [-0.39, 0.29) is 11.4 Å². The van der Waals surface area contributed by atoms with E-state index < -0.39 is 5.97 Å². The van der Waals surface area contributed by atoms with Crippen molar-refractivity contribution in [3.8, 4) is 0 Å². The minimum absolute atomic E-state index is 0.161. The molecule has 102 valence electrons. The highest BCUT2D eigenvalue weighted by Crippen LogP contribution is 2.15. The molecule has 4 nitrogen and oxygen atoms in total. The summed E-state index contributed by atoms with van der Waals surface area (Å²) in [4.78, 5) is 11.1. The second-order valence-corrected chi connectivity index (χ2v) is 4.82. The number of nitrogens with two attached hydrogens (primary N) is 1. The monoisotopic (exact) mass is 286 g/mol. The van der Waals surface area contributed by atoms with Crippen molar-refractivity contribution in [1.29, 1.82) is 0 Å². The molecule has 3 N–H and O–H groups in total. The Kier molecular flexibility index (Phi) is 4.79. The van der Waals surface area contributed by atoms with E-state index in [0.717, 1.165) is 5.56 Å². The molecule has 0 aliphatic carbocycles. The molecule has 0 aliphatic heterocycles. The fourth-order valence-corrected chi connectivity index (χ4v) is 2.34. The van der Waals surface area contributed by atoms with Gasteiger partial charge in [-0.25, -0.2) is 4.79 Å². The maximum Gasteiger partial charge on any atom is 0.336 e. The van der Waals surface area contributed by atoms with E-state index in [9.17, 15) is 4.79 Å². The lowest BCUT2D eigenvalue weighted by Gasteiger charge is -2.04. The van der Waals surface area contributed by atoms with Crippen molar-refractivity contribution in [2.24, 2.45) is 10.1 Å². The molecule has 0 radical (unpaired) electrons. The standard InChI is InChI=1S/C15H14N2O2S/c16-14(12-8-4-5-9-13(12)15(18)19)17-20-10-11-6-2-1-3-7-11/h1-9H,10H2,(H2,16,17)(H,18,19). The van der Waals surface area contributed by atoms with E-state index in [4.69, 9.17) is 10.8 Å². The van der Waals surface area contributed by atoms with Crippen molar-refractivity contribution in [2.45, 2.75) is 5.75 Å². The van der Waals surface area contributed by atoms with Crippen LogP contribution >= 0.6 is 11.9 Å². The maximum atomic E-state index is 11.1. The number of benzene rings is 2. The zero-order valence-electron chi connectivity index (χ0n) is 10.7. The summed E-state index contributed by atoms with van der Waals surface area (Å²) < 4.78 is 4.18. The SMILES string of the molecule is NC(=NSCc1ccccc1)c1ccccc1C(=O)O. The van der Waals surface area contributed by atoms with Crippen LogP contribution in [0.4, 0.5) is 0 Å². The largest absolute Gasteiger partial charge is 0.478 e. The predicted octanol–water partition coefficient (Wildman–Crippen LogP) is 2.94. The number of nitrogens with zero attached hydrogens (tertiary/aromatic N) is 1. The number of carbonyl (C=O) groups is 1. The number of aromatic carboxylic acids is 1. The van der Waals surface area contributed by atoms with E-state index in [1.165, 1.54) is 18.0 Å². The van der Waals surface area contributed by atoms with Gasteiger partial charge in [-0.05, 0) is 23.6 Å². The van der Waals surface area contributed by atoms with Crippen molar-refractivity contribution in [3.05, 3.63) is 71.3 Å². The molecule has 0 heterocycles. The third kappa shape index (κ3) is 3.61. The average molecular weight is 286 g/mol. The van der Waals surface area contributed by atoms with Gasteiger partial charge in [-0.3, -0.25) is 0 Å². The fourth-order valence-electron chi connectivity index (χ4n) is 1.69. The molecule has 0 saturated carbocycles. The summed E-state index contributed by atoms with van der Waals surface area (Å²) in [6, 6.07) is 16.5. The molecule has 2 aromatic rings. The molecule has 0 aromatic heterocycles. The zero-order valence-corrected chi connectivity index (χ0v) is 11.5. The Morgan fingerprint density at radius 3 is 2.30 bits per heavy atom. The van der Waals surface area contributed by atoms with Gasteiger partial charge in [-0.2, -0.15) is 4.40 Å². The lowest BCUT2D eigenvalue weighted by Crippen LogP contribution is -2.17. The Morgan fingerprint density at radius 1 is 1.05 bits per heavy atom. The van der Waals surface area contributed by atoms with E-state index >= 15 is 0 Å². The van der Waals surface area contributed by atoms with Gasteiger partial charge >= 0.3 is 5.97 Å². The van der Waals surface area contributed by atoms with Gasteiger partial charge in [0.25, 0.3) is 0 Å². The van der Waals surface area contributed by atoms with Crippen molar-refractivity contribution in [2.75, 3.05) is 0 Å². The van der Waals surface area contributed by atoms with Crippen LogP contribution in [-0.4, -0.2) is 16.9 Å². The van der Waals surface area contributed by atoms with E-state index in [0.29, 0.717) is 11.3 Å². The summed E-state index contributed by atoms with van der Waals surface area (Å²) >= 11 is 1.30. The van der Waals surface area contributed by atoms with Gasteiger partial charge < -0.3 is 10.8 Å². The zero-order chi connectivity index (χ0) is 14.4. The van der Waals surface area contributed by atoms with Crippen molar-refractivity contribution >= 4 is 23.8 Å². The third-order valence-electron chi connectivity index (χ3n) is 2.67. The van der Waals surface area contributed by atoms with E-state index in [1.807, 2.05) is 30.3 Å². The summed E-state index contributed by atoms with van der Waals surface area (Å²) in [5.74, 6) is -0.0905. The minimum Gasteiger partial charge on any atom is -0.478 e. The topological polar surface area (TPSA) is 75.7 Å². The van der Waals surface area contributed by atoms with Gasteiger partial charge in [0.15, 0.2) is 0 Å². The highest BCUT2D eigenvalue weighted by Gasteiger charge is 2.11. The van der Waals surface area contributed by atoms with Crippen molar-refractivity contribution in [3.63, 3.8) is 0 Å². The van der Waals surface area contributed by atoms with Crippen LogP contribution in [0.15, 0.2) is 59.0 Å². The first kappa shape index (κ1) is 14.1. The normalized spacial score (nSPS) is 11.3. The molecule has 0 amide bonds. The summed E-state index contributed by atoms with van der Waals surface area (Å²) in [6.45, 7) is 0. The molecule has 0 bridgehead atoms. The van der Waals surface area contributed by atoms with E-state index in [1.54, 1.807) is 18.2 Å². The Hall–Kier alpha value is -2.27. The molecular weight excluding hydrogens is 272 g/mol. The molecule has 5 heteroatoms. The summed E-state index contributed by atoms with van der Waals surface area (Å²) in [5, 5.41) is 9.10. The first-order valence-corrected chi connectivity index (χ1v) is 6.95. The molecule has 2 rings (SSSR count). The lowest BCUT2D eigenvalue weighted by molar-refractivity contribution is 0.0696. The number of hydrogen-bond donors (Lipinski definition) is 2. The second-order valence-electron chi connectivity index (χ2n) is 4.09. The molecule has 0 saturated heterocycles. The molecular formula is C15H14N2O2S. The summed E-state index contributed by atoms with van der Waals surface area (Å²) in [5.41, 5.74) is 7.61. The van der Waals surface area contributed by atoms with Crippen LogP contribution in [-0.2, 0) is 5.75 Å². The van der Waals surface area contributed by atoms with Crippen LogP contribution in [0.25, 0.3) is 0 Å². The van der Waals surface area contributed by atoms with Crippen LogP contribution in [0.1, 0.15) is 21.5 Å². The van der Waals surface area contributed by atoms with Crippen LogP contribution in [0.5, 0.6) is 0 Å². The van der Waals surface area contributed by atoms with Crippen LogP contribution in [0, 0.1) is 0 Å². The van der Waals surface area contributed by atoms with Gasteiger partial charge in [0.1, 0.15) is 5.84 Å². The molecule has 0 spiro atoms. The maximum absolute atomic E-state index is 11.1. The first-order valence-electron chi connectivity index (χ1n) is 6.00. The minimum atomic E-state index is -1.01. The average Bonchev–Trinajstić information content (AvgIpc) is 2.48. The molecule has 2 aromatic carbocycles. The Balaban J connectivity index is 2.09. The number of carboxylic acids is 1. The predicted molar refractivity (Wildman–Crippen MR) is 81.9 cm³/mol. The van der Waals surface area contributed by atoms with Gasteiger partial charge in [0.05, 0.1) is 5.56 Å². The third-order valence-corrected chi connectivity index (χ3v) is 3.46. The Morgan fingerprint density at radius 2 is 1.65 bits per heavy atom. The molecule has 0 aliphatic rings. The highest BCUT2D eigenvalue weighted by atomic mass is 32.2. The van der Waals surface area contributed by atoms with Gasteiger partial charge in [0, 0.05) is 11.3 Å². The van der Waals surface area contributed by atoms with Crippen LogP contribution in [0.3, 0.4) is 0 Å². The van der Waals surface area contributed by atoms with Gasteiger partial charge in [-0.15, -0.1) is 0 Å². The number of rotatable bonds is 5. The number of hydrogen-bond acceptors (Lipinski definition) is 3. The second kappa shape index (κ2) is 6.77. The first-order chi connectivity index (χ1) is 9.68. The highest BCUT2D eigenvalue weighted by molar-refractivity contribution is 7.97.